The molecule has 24 heavy (non-hydrogen) atoms. The van der Waals surface area contributed by atoms with Crippen LogP contribution in [0.15, 0.2) is 4.40 Å². The molecule has 0 aromatic heterocycles. The van der Waals surface area contributed by atoms with Crippen LogP contribution in [0, 0.1) is 11.3 Å². The second kappa shape index (κ2) is 6.87. The fourth-order valence-electron chi connectivity index (χ4n) is 3.24. The van der Waals surface area contributed by atoms with Crippen LogP contribution < -0.4 is 0 Å². The zero-order valence-electron chi connectivity index (χ0n) is 15.9. The van der Waals surface area contributed by atoms with E-state index in [2.05, 4.69) is 4.40 Å². The first-order chi connectivity index (χ1) is 10.9. The molecule has 0 bridgehead atoms. The molecule has 0 aromatic rings. The molecule has 1 unspecified atom stereocenters. The van der Waals surface area contributed by atoms with Crippen LogP contribution >= 0.6 is 0 Å². The fraction of sp³-hybridized carbons (Fsp3) is 0.889. The molecule has 1 saturated carbocycles. The topological polar surface area (TPSA) is 65.0 Å². The summed E-state index contributed by atoms with van der Waals surface area (Å²) in [7, 11) is 0. The summed E-state index contributed by atoms with van der Waals surface area (Å²) in [5.41, 5.74) is -0.166. The van der Waals surface area contributed by atoms with Crippen LogP contribution in [0.25, 0.3) is 0 Å². The number of hydrogen-bond donors (Lipinski definition) is 0. The van der Waals surface area contributed by atoms with Crippen molar-refractivity contribution in [3.05, 3.63) is 0 Å². The maximum Gasteiger partial charge on any atom is 0.410 e. The first-order valence-electron chi connectivity index (χ1n) is 8.84. The standard InChI is InChI=1S/C18H32N2O3S/c1-16(2,3)23-15(21)20-12-18(13-20)9-7-14(8-10-18)11-19-24(22)17(4,5)6/h11,14H,7-10,12-13H2,1-6H3. The molecule has 0 aromatic carbocycles. The lowest BCUT2D eigenvalue weighted by atomic mass is 9.66. The van der Waals surface area contributed by atoms with E-state index in [0.717, 1.165) is 38.8 Å². The van der Waals surface area contributed by atoms with Crippen molar-refractivity contribution < 1.29 is 14.1 Å². The van der Waals surface area contributed by atoms with E-state index in [-0.39, 0.29) is 16.3 Å². The number of likely N-dealkylation sites (tertiary alicyclic amines) is 1. The first kappa shape index (κ1) is 19.6. The molecule has 1 aliphatic heterocycles. The van der Waals surface area contributed by atoms with Gasteiger partial charge in [-0.05, 0) is 73.1 Å². The number of hydrogen-bond acceptors (Lipinski definition) is 4. The molecule has 1 heterocycles. The zero-order chi connectivity index (χ0) is 18.2. The smallest absolute Gasteiger partial charge is 0.410 e. The second-order valence-electron chi connectivity index (χ2n) is 9.29. The van der Waals surface area contributed by atoms with Gasteiger partial charge in [0.1, 0.15) is 21.7 Å². The van der Waals surface area contributed by atoms with E-state index in [1.54, 1.807) is 0 Å². The molecule has 0 N–H and O–H groups in total. The van der Waals surface area contributed by atoms with Gasteiger partial charge in [-0.2, -0.15) is 0 Å². The largest absolute Gasteiger partial charge is 0.591 e. The molecule has 0 radical (unpaired) electrons. The number of nitrogens with zero attached hydrogens (tertiary/aromatic N) is 2. The van der Waals surface area contributed by atoms with Crippen LogP contribution in [0.2, 0.25) is 0 Å². The second-order valence-corrected chi connectivity index (χ2v) is 11.2. The third-order valence-corrected chi connectivity index (χ3v) is 6.05. The summed E-state index contributed by atoms with van der Waals surface area (Å²) in [6.07, 6.45) is 6.03. The normalized spacial score (nSPS) is 23.4. The van der Waals surface area contributed by atoms with Gasteiger partial charge in [0.25, 0.3) is 0 Å². The Labute approximate surface area is 149 Å². The van der Waals surface area contributed by atoms with Gasteiger partial charge in [-0.1, -0.05) is 4.40 Å². The van der Waals surface area contributed by atoms with Gasteiger partial charge in [0.05, 0.1) is 6.21 Å². The molecular weight excluding hydrogens is 324 g/mol. The Bertz CT molecular complexity index is 477. The maximum atomic E-state index is 12.1. The number of amides is 1. The summed E-state index contributed by atoms with van der Waals surface area (Å²) in [6.45, 7) is 13.1. The minimum absolute atomic E-state index is 0.197. The molecular formula is C18H32N2O3S. The number of carbonyl (C=O) groups excluding carboxylic acids is 1. The highest BCUT2D eigenvalue weighted by molar-refractivity contribution is 7.91. The molecule has 2 aliphatic rings. The lowest BCUT2D eigenvalue weighted by Gasteiger charge is -2.52. The van der Waals surface area contributed by atoms with E-state index in [9.17, 15) is 9.35 Å². The van der Waals surface area contributed by atoms with E-state index >= 15 is 0 Å². The third kappa shape index (κ3) is 5.12. The molecule has 2 rings (SSSR count). The van der Waals surface area contributed by atoms with Gasteiger partial charge < -0.3 is 14.2 Å². The Balaban J connectivity index is 1.76. The Kier molecular flexibility index (Phi) is 5.60. The summed E-state index contributed by atoms with van der Waals surface area (Å²) in [5.74, 6) is 0.414. The van der Waals surface area contributed by atoms with Gasteiger partial charge >= 0.3 is 6.09 Å². The monoisotopic (exact) mass is 356 g/mol. The van der Waals surface area contributed by atoms with Crippen molar-refractivity contribution in [2.24, 2.45) is 15.7 Å². The minimum Gasteiger partial charge on any atom is -0.591 e. The third-order valence-electron chi connectivity index (χ3n) is 4.69. The lowest BCUT2D eigenvalue weighted by Crippen LogP contribution is -2.60. The van der Waals surface area contributed by atoms with E-state index < -0.39 is 17.0 Å². The molecule has 5 nitrogen and oxygen atoms in total. The quantitative estimate of drug-likeness (QED) is 0.556. The average Bonchev–Trinajstić information content (AvgIpc) is 2.39. The summed E-state index contributed by atoms with van der Waals surface area (Å²) >= 11 is -1.17. The lowest BCUT2D eigenvalue weighted by molar-refractivity contribution is -0.0510. The Hall–Kier alpha value is -0.750. The number of ether oxygens (including phenoxy) is 1. The van der Waals surface area contributed by atoms with Crippen molar-refractivity contribution in [1.82, 2.24) is 4.90 Å². The van der Waals surface area contributed by atoms with Crippen molar-refractivity contribution in [2.45, 2.75) is 77.6 Å². The van der Waals surface area contributed by atoms with Crippen molar-refractivity contribution >= 4 is 23.7 Å². The van der Waals surface area contributed by atoms with Gasteiger partial charge in [-0.15, -0.1) is 0 Å². The van der Waals surface area contributed by atoms with Crippen molar-refractivity contribution in [2.75, 3.05) is 13.1 Å². The van der Waals surface area contributed by atoms with Crippen LogP contribution in [-0.2, 0) is 16.1 Å². The van der Waals surface area contributed by atoms with Gasteiger partial charge in [0.2, 0.25) is 0 Å². The van der Waals surface area contributed by atoms with Crippen LogP contribution in [0.3, 0.4) is 0 Å². The molecule has 1 aliphatic carbocycles. The van der Waals surface area contributed by atoms with E-state index in [1.165, 1.54) is 0 Å². The molecule has 1 spiro atoms. The van der Waals surface area contributed by atoms with Gasteiger partial charge in [0, 0.05) is 18.5 Å². The Morgan fingerprint density at radius 1 is 1.21 bits per heavy atom. The van der Waals surface area contributed by atoms with Crippen LogP contribution in [0.4, 0.5) is 4.79 Å². The summed E-state index contributed by atoms with van der Waals surface area (Å²) < 4.78 is 21.4. The highest BCUT2D eigenvalue weighted by atomic mass is 32.2. The highest BCUT2D eigenvalue weighted by Gasteiger charge is 2.47. The minimum atomic E-state index is -1.17. The number of rotatable bonds is 2. The first-order valence-corrected chi connectivity index (χ1v) is 9.95. The highest BCUT2D eigenvalue weighted by Crippen LogP contribution is 2.45. The van der Waals surface area contributed by atoms with Crippen LogP contribution in [0.5, 0.6) is 0 Å². The summed E-state index contributed by atoms with van der Waals surface area (Å²) in [5, 5.41) is 0. The van der Waals surface area contributed by atoms with Crippen molar-refractivity contribution in [1.29, 1.82) is 0 Å². The molecule has 1 saturated heterocycles. The average molecular weight is 357 g/mol. The van der Waals surface area contributed by atoms with E-state index in [0.29, 0.717) is 5.92 Å². The molecule has 1 atom stereocenters. The van der Waals surface area contributed by atoms with Gasteiger partial charge in [-0.3, -0.25) is 0 Å². The SMILES string of the molecule is CC(C)(C)OC(=O)N1CC2(CCC(C=N[S+]([O-])C(C)(C)C)CC2)C1. The zero-order valence-corrected chi connectivity index (χ0v) is 16.7. The predicted molar refractivity (Wildman–Crippen MR) is 98.6 cm³/mol. The van der Waals surface area contributed by atoms with Crippen molar-refractivity contribution in [3.63, 3.8) is 0 Å². The van der Waals surface area contributed by atoms with Gasteiger partial charge in [0.15, 0.2) is 0 Å². The maximum absolute atomic E-state index is 12.1. The summed E-state index contributed by atoms with van der Waals surface area (Å²) in [4.78, 5) is 13.9. The van der Waals surface area contributed by atoms with Crippen LogP contribution in [-0.4, -0.2) is 45.2 Å². The van der Waals surface area contributed by atoms with E-state index in [4.69, 9.17) is 4.74 Å². The van der Waals surface area contributed by atoms with E-state index in [1.807, 2.05) is 52.7 Å². The Morgan fingerprint density at radius 2 is 1.75 bits per heavy atom. The fourth-order valence-corrected chi connectivity index (χ4v) is 3.84. The number of carbonyl (C=O) groups is 1. The molecule has 1 amide bonds. The molecule has 6 heteroatoms. The van der Waals surface area contributed by atoms with Crippen LogP contribution in [0.1, 0.15) is 67.2 Å². The summed E-state index contributed by atoms with van der Waals surface area (Å²) in [6, 6.07) is 0. The Morgan fingerprint density at radius 3 is 2.21 bits per heavy atom. The molecule has 138 valence electrons. The molecule has 2 fully saturated rings. The van der Waals surface area contributed by atoms with Crippen molar-refractivity contribution in [3.8, 4) is 0 Å². The van der Waals surface area contributed by atoms with Gasteiger partial charge in [-0.25, -0.2) is 4.79 Å². The predicted octanol–water partition coefficient (Wildman–Crippen LogP) is 3.95.